The summed E-state index contributed by atoms with van der Waals surface area (Å²) in [6.45, 7) is 0. The van der Waals surface area contributed by atoms with E-state index in [9.17, 15) is 0 Å². The second-order valence-corrected chi connectivity index (χ2v) is 12.1. The molecular weight excluding hydrogens is 279 g/mol. The van der Waals surface area contributed by atoms with Crippen molar-refractivity contribution in [2.75, 3.05) is 0 Å². The average Bonchev–Trinajstić information content (AvgIpc) is 2.53. The maximum absolute atomic E-state index is 2.48. The van der Waals surface area contributed by atoms with Gasteiger partial charge in [-0.25, -0.2) is 0 Å². The first-order valence-corrected chi connectivity index (χ1v) is 11.9. The Morgan fingerprint density at radius 2 is 1.05 bits per heavy atom. The molecule has 3 saturated carbocycles. The van der Waals surface area contributed by atoms with E-state index < -0.39 is 0 Å². The van der Waals surface area contributed by atoms with Crippen molar-refractivity contribution in [2.24, 2.45) is 0 Å². The summed E-state index contributed by atoms with van der Waals surface area (Å²) in [5, 5.41) is 2.19. The van der Waals surface area contributed by atoms with Crippen LogP contribution < -0.4 is 0 Å². The van der Waals surface area contributed by atoms with Gasteiger partial charge in [0.15, 0.2) is 0 Å². The number of hydrogen-bond acceptors (Lipinski definition) is 1. The van der Waals surface area contributed by atoms with E-state index in [0.29, 0.717) is 7.92 Å². The van der Waals surface area contributed by atoms with E-state index in [2.05, 4.69) is 11.8 Å². The van der Waals surface area contributed by atoms with Crippen molar-refractivity contribution in [1.82, 2.24) is 0 Å². The van der Waals surface area contributed by atoms with Crippen LogP contribution in [0.3, 0.4) is 0 Å². The first-order chi connectivity index (χ1) is 9.93. The summed E-state index contributed by atoms with van der Waals surface area (Å²) >= 11 is 2.48. The van der Waals surface area contributed by atoms with Gasteiger partial charge in [0.1, 0.15) is 0 Å². The molecule has 0 aromatic carbocycles. The molecule has 1 heterocycles. The fraction of sp³-hybridized carbons (Fsp3) is 1.00. The van der Waals surface area contributed by atoms with Gasteiger partial charge in [-0.15, -0.1) is 0 Å². The third kappa shape index (κ3) is 2.71. The highest BCUT2D eigenvalue weighted by Crippen LogP contribution is 2.68. The van der Waals surface area contributed by atoms with Gasteiger partial charge in [-0.1, -0.05) is 52.9 Å². The largest absolute Gasteiger partial charge is 0.154 e. The number of fused-ring (bicyclic) bond motifs is 2. The molecule has 3 aliphatic carbocycles. The van der Waals surface area contributed by atoms with Crippen molar-refractivity contribution in [1.29, 1.82) is 0 Å². The molecule has 4 atom stereocenters. The topological polar surface area (TPSA) is 0 Å². The Balaban J connectivity index is 1.58. The van der Waals surface area contributed by atoms with Crippen molar-refractivity contribution >= 4 is 19.7 Å². The van der Waals surface area contributed by atoms with Gasteiger partial charge in [-0.2, -0.15) is 11.8 Å². The summed E-state index contributed by atoms with van der Waals surface area (Å²) in [7, 11) is 0.374. The Labute approximate surface area is 131 Å². The minimum absolute atomic E-state index is 0.374. The van der Waals surface area contributed by atoms with Gasteiger partial charge >= 0.3 is 0 Å². The SMILES string of the molecule is C1CCC(P2C3CCCCC3SC3CCCCC32)CC1. The van der Waals surface area contributed by atoms with Gasteiger partial charge in [0.2, 0.25) is 0 Å². The average molecular weight is 310 g/mol. The molecule has 0 amide bonds. The number of thioether (sulfide) groups is 1. The van der Waals surface area contributed by atoms with Crippen molar-refractivity contribution in [3.05, 3.63) is 0 Å². The van der Waals surface area contributed by atoms with Crippen LogP contribution in [-0.4, -0.2) is 27.5 Å². The van der Waals surface area contributed by atoms with E-state index in [0.717, 1.165) is 10.5 Å². The van der Waals surface area contributed by atoms with Crippen molar-refractivity contribution in [2.45, 2.75) is 111 Å². The van der Waals surface area contributed by atoms with Crippen LogP contribution in [0.5, 0.6) is 0 Å². The Morgan fingerprint density at radius 1 is 0.550 bits per heavy atom. The minimum Gasteiger partial charge on any atom is -0.154 e. The van der Waals surface area contributed by atoms with E-state index in [-0.39, 0.29) is 0 Å². The van der Waals surface area contributed by atoms with Crippen molar-refractivity contribution < 1.29 is 0 Å². The van der Waals surface area contributed by atoms with Gasteiger partial charge in [-0.05, 0) is 55.5 Å². The zero-order valence-corrected chi connectivity index (χ0v) is 14.6. The molecule has 4 fully saturated rings. The maximum Gasteiger partial charge on any atom is 0.0118 e. The molecular formula is C18H31PS. The Kier molecular flexibility index (Phi) is 4.67. The normalized spacial score (nSPS) is 46.5. The van der Waals surface area contributed by atoms with Gasteiger partial charge in [0, 0.05) is 10.5 Å². The number of rotatable bonds is 1. The van der Waals surface area contributed by atoms with E-state index in [4.69, 9.17) is 0 Å². The fourth-order valence-corrected chi connectivity index (χ4v) is 13.1. The second kappa shape index (κ2) is 6.49. The lowest BCUT2D eigenvalue weighted by atomic mass is 9.97. The van der Waals surface area contributed by atoms with E-state index in [1.165, 1.54) is 23.4 Å². The summed E-state index contributed by atoms with van der Waals surface area (Å²) in [5.41, 5.74) is 3.56. The third-order valence-electron chi connectivity index (χ3n) is 6.45. The lowest BCUT2D eigenvalue weighted by molar-refractivity contribution is 0.454. The lowest BCUT2D eigenvalue weighted by Crippen LogP contribution is -2.44. The molecule has 4 rings (SSSR count). The fourth-order valence-electron chi connectivity index (χ4n) is 5.55. The van der Waals surface area contributed by atoms with Gasteiger partial charge in [-0.3, -0.25) is 0 Å². The summed E-state index contributed by atoms with van der Waals surface area (Å²) in [4.78, 5) is 0. The number of hydrogen-bond donors (Lipinski definition) is 0. The molecule has 4 aliphatic rings. The quantitative estimate of drug-likeness (QED) is 0.522. The second-order valence-electron chi connectivity index (χ2n) is 7.66. The van der Waals surface area contributed by atoms with Crippen LogP contribution in [0.4, 0.5) is 0 Å². The first kappa shape index (κ1) is 14.4. The van der Waals surface area contributed by atoms with E-state index in [1.807, 2.05) is 0 Å². The van der Waals surface area contributed by atoms with E-state index >= 15 is 0 Å². The van der Waals surface area contributed by atoms with Crippen LogP contribution in [-0.2, 0) is 0 Å². The first-order valence-electron chi connectivity index (χ1n) is 9.36. The maximum atomic E-state index is 2.48. The molecule has 0 bridgehead atoms. The summed E-state index contributed by atoms with van der Waals surface area (Å²) in [5.74, 6) is 0. The summed E-state index contributed by atoms with van der Waals surface area (Å²) in [6, 6.07) is 0. The van der Waals surface area contributed by atoms with Crippen LogP contribution in [0.2, 0.25) is 0 Å². The molecule has 4 unspecified atom stereocenters. The molecule has 0 aromatic heterocycles. The molecule has 1 saturated heterocycles. The lowest BCUT2D eigenvalue weighted by Gasteiger charge is -2.54. The molecule has 2 heteroatoms. The van der Waals surface area contributed by atoms with Crippen molar-refractivity contribution in [3.63, 3.8) is 0 Å². The minimum atomic E-state index is 0.374. The zero-order chi connectivity index (χ0) is 13.4. The van der Waals surface area contributed by atoms with Crippen LogP contribution in [0.25, 0.3) is 0 Å². The predicted octanol–water partition coefficient (Wildman–Crippen LogP) is 6.17. The molecule has 20 heavy (non-hydrogen) atoms. The van der Waals surface area contributed by atoms with Crippen LogP contribution >= 0.6 is 19.7 Å². The smallest absolute Gasteiger partial charge is 0.0118 e. The molecule has 0 radical (unpaired) electrons. The molecule has 0 aromatic rings. The van der Waals surface area contributed by atoms with Crippen LogP contribution in [0.1, 0.15) is 83.5 Å². The van der Waals surface area contributed by atoms with Gasteiger partial charge in [0.25, 0.3) is 0 Å². The van der Waals surface area contributed by atoms with Gasteiger partial charge in [0.05, 0.1) is 0 Å². The predicted molar refractivity (Wildman–Crippen MR) is 93.5 cm³/mol. The Bertz CT molecular complexity index is 303. The standard InChI is InChI=1S/C18H31PS/c1-2-8-14(9-3-1)19-15-10-4-6-12-17(15)20-18-13-7-5-11-16(18)19/h14-18H,1-13H2. The van der Waals surface area contributed by atoms with E-state index in [1.54, 1.807) is 77.0 Å². The molecule has 0 nitrogen and oxygen atoms in total. The molecule has 114 valence electrons. The highest BCUT2D eigenvalue weighted by Gasteiger charge is 2.48. The third-order valence-corrected chi connectivity index (χ3v) is 12.8. The highest BCUT2D eigenvalue weighted by atomic mass is 32.2. The Hall–Kier alpha value is 0.780. The summed E-state index contributed by atoms with van der Waals surface area (Å²) in [6.07, 6.45) is 20.5. The van der Waals surface area contributed by atoms with Crippen LogP contribution in [0, 0.1) is 0 Å². The van der Waals surface area contributed by atoms with Gasteiger partial charge < -0.3 is 0 Å². The summed E-state index contributed by atoms with van der Waals surface area (Å²) < 4.78 is 0. The highest BCUT2D eigenvalue weighted by molar-refractivity contribution is 8.01. The Morgan fingerprint density at radius 3 is 1.65 bits per heavy atom. The zero-order valence-electron chi connectivity index (χ0n) is 12.9. The molecule has 0 N–H and O–H groups in total. The van der Waals surface area contributed by atoms with Crippen molar-refractivity contribution in [3.8, 4) is 0 Å². The molecule has 1 aliphatic heterocycles. The monoisotopic (exact) mass is 310 g/mol. The molecule has 0 spiro atoms. The van der Waals surface area contributed by atoms with Crippen LogP contribution in [0.15, 0.2) is 0 Å².